The Morgan fingerprint density at radius 3 is 2.74 bits per heavy atom. The highest BCUT2D eigenvalue weighted by molar-refractivity contribution is 5.66. The van der Waals surface area contributed by atoms with Gasteiger partial charge >= 0.3 is 6.09 Å². The van der Waals surface area contributed by atoms with Crippen LogP contribution in [0.3, 0.4) is 0 Å². The van der Waals surface area contributed by atoms with Crippen LogP contribution in [0.5, 0.6) is 11.6 Å². The summed E-state index contributed by atoms with van der Waals surface area (Å²) >= 11 is 0. The smallest absolute Gasteiger partial charge is 0.407 e. The molecule has 5 nitrogen and oxygen atoms in total. The van der Waals surface area contributed by atoms with Crippen molar-refractivity contribution in [3.63, 3.8) is 0 Å². The van der Waals surface area contributed by atoms with Gasteiger partial charge in [-0.2, -0.15) is 0 Å². The maximum Gasteiger partial charge on any atom is 0.407 e. The molecule has 0 spiro atoms. The summed E-state index contributed by atoms with van der Waals surface area (Å²) in [5.74, 6) is 1.29. The van der Waals surface area contributed by atoms with Crippen LogP contribution in [0.25, 0.3) is 6.08 Å². The number of likely N-dealkylation sites (tertiary alicyclic amines) is 1. The fraction of sp³-hybridized carbons (Fsp3) is 0.364. The predicted octanol–water partition coefficient (Wildman–Crippen LogP) is 5.45. The van der Waals surface area contributed by atoms with Crippen LogP contribution in [0, 0.1) is 5.41 Å². The number of benzene rings is 1. The number of hydrogen-bond acceptors (Lipinski definition) is 3. The molecule has 3 rings (SSSR count). The Morgan fingerprint density at radius 1 is 1.26 bits per heavy atom. The Balaban J connectivity index is 1.78. The van der Waals surface area contributed by atoms with E-state index in [1.807, 2.05) is 42.5 Å². The topological polar surface area (TPSA) is 62.7 Å². The van der Waals surface area contributed by atoms with Crippen LogP contribution in [0.2, 0.25) is 0 Å². The van der Waals surface area contributed by atoms with Gasteiger partial charge in [-0.05, 0) is 42.0 Å². The number of rotatable bonds is 3. The third-order valence-electron chi connectivity index (χ3n) is 4.84. The van der Waals surface area contributed by atoms with Crippen molar-refractivity contribution in [1.82, 2.24) is 9.88 Å². The molecule has 2 aromatic rings. The van der Waals surface area contributed by atoms with E-state index in [0.717, 1.165) is 24.2 Å². The zero-order valence-corrected chi connectivity index (χ0v) is 16.1. The molecule has 0 bridgehead atoms. The van der Waals surface area contributed by atoms with Crippen molar-refractivity contribution in [3.8, 4) is 11.6 Å². The Kier molecular flexibility index (Phi) is 5.49. The molecule has 0 aliphatic carbocycles. The quantitative estimate of drug-likeness (QED) is 0.785. The SMILES string of the molecule is CC(C)(C)C1C/C(=C/c2cccc(Oc3ccccn3)c2)CCN1C(=O)O. The molecule has 1 unspecified atom stereocenters. The molecular weight excluding hydrogens is 340 g/mol. The van der Waals surface area contributed by atoms with Crippen molar-refractivity contribution in [2.45, 2.75) is 39.7 Å². The summed E-state index contributed by atoms with van der Waals surface area (Å²) in [4.78, 5) is 17.3. The van der Waals surface area contributed by atoms with Crippen LogP contribution in [-0.2, 0) is 0 Å². The summed E-state index contributed by atoms with van der Waals surface area (Å²) in [6.45, 7) is 6.82. The summed E-state index contributed by atoms with van der Waals surface area (Å²) in [6.07, 6.45) is 4.53. The standard InChI is InChI=1S/C22H26N2O3/c1-22(2,3)19-15-17(10-12-24(19)21(25)26)13-16-7-6-8-18(14-16)27-20-9-4-5-11-23-20/h4-9,11,13-14,19H,10,12,15H2,1-3H3,(H,25,26)/b17-13+. The molecule has 1 saturated heterocycles. The first kappa shape index (κ1) is 19.0. The van der Waals surface area contributed by atoms with E-state index in [2.05, 4.69) is 31.8 Å². The van der Waals surface area contributed by atoms with E-state index in [0.29, 0.717) is 12.4 Å². The van der Waals surface area contributed by atoms with Crippen molar-refractivity contribution >= 4 is 12.2 Å². The summed E-state index contributed by atoms with van der Waals surface area (Å²) in [6, 6.07) is 13.4. The van der Waals surface area contributed by atoms with E-state index in [-0.39, 0.29) is 11.5 Å². The molecule has 2 heterocycles. The van der Waals surface area contributed by atoms with E-state index in [1.165, 1.54) is 5.57 Å². The Bertz CT molecular complexity index is 825. The van der Waals surface area contributed by atoms with Crippen molar-refractivity contribution in [1.29, 1.82) is 0 Å². The van der Waals surface area contributed by atoms with E-state index in [9.17, 15) is 9.90 Å². The lowest BCUT2D eigenvalue weighted by molar-refractivity contribution is 0.0724. The number of pyridine rings is 1. The van der Waals surface area contributed by atoms with Gasteiger partial charge in [0.2, 0.25) is 5.88 Å². The highest BCUT2D eigenvalue weighted by Gasteiger charge is 2.36. The molecule has 27 heavy (non-hydrogen) atoms. The highest BCUT2D eigenvalue weighted by atomic mass is 16.5. The molecule has 0 radical (unpaired) electrons. The fourth-order valence-corrected chi connectivity index (χ4v) is 3.45. The van der Waals surface area contributed by atoms with E-state index >= 15 is 0 Å². The average Bonchev–Trinajstić information content (AvgIpc) is 2.62. The van der Waals surface area contributed by atoms with Crippen LogP contribution >= 0.6 is 0 Å². The molecular formula is C22H26N2O3. The normalized spacial score (nSPS) is 19.1. The number of amides is 1. The molecule has 1 fully saturated rings. The van der Waals surface area contributed by atoms with Crippen molar-refractivity contribution in [3.05, 3.63) is 59.8 Å². The van der Waals surface area contributed by atoms with Crippen molar-refractivity contribution in [2.75, 3.05) is 6.54 Å². The maximum atomic E-state index is 11.6. The maximum absolute atomic E-state index is 11.6. The number of ether oxygens (including phenoxy) is 1. The number of hydrogen-bond donors (Lipinski definition) is 1. The van der Waals surface area contributed by atoms with E-state index in [4.69, 9.17) is 4.74 Å². The van der Waals surface area contributed by atoms with E-state index in [1.54, 1.807) is 11.1 Å². The van der Waals surface area contributed by atoms with Gasteiger partial charge in [0.15, 0.2) is 0 Å². The average molecular weight is 366 g/mol. The van der Waals surface area contributed by atoms with Crippen LogP contribution in [0.15, 0.2) is 54.2 Å². The number of piperidine rings is 1. The first-order valence-corrected chi connectivity index (χ1v) is 9.21. The number of nitrogens with zero attached hydrogens (tertiary/aromatic N) is 2. The molecule has 5 heteroatoms. The van der Waals surface area contributed by atoms with Gasteiger partial charge in [-0.15, -0.1) is 0 Å². The monoisotopic (exact) mass is 366 g/mol. The third-order valence-corrected chi connectivity index (χ3v) is 4.84. The Labute approximate surface area is 160 Å². The van der Waals surface area contributed by atoms with Crippen LogP contribution in [0.4, 0.5) is 4.79 Å². The second-order valence-corrected chi connectivity index (χ2v) is 7.96. The molecule has 1 aromatic heterocycles. The van der Waals surface area contributed by atoms with Crippen LogP contribution in [0.1, 0.15) is 39.2 Å². The second kappa shape index (κ2) is 7.82. The Hall–Kier alpha value is -2.82. The summed E-state index contributed by atoms with van der Waals surface area (Å²) < 4.78 is 5.81. The fourth-order valence-electron chi connectivity index (χ4n) is 3.45. The van der Waals surface area contributed by atoms with Gasteiger partial charge in [-0.25, -0.2) is 9.78 Å². The third kappa shape index (κ3) is 4.88. The van der Waals surface area contributed by atoms with E-state index < -0.39 is 6.09 Å². The molecule has 1 aliphatic heterocycles. The lowest BCUT2D eigenvalue weighted by Gasteiger charge is -2.42. The minimum atomic E-state index is -0.834. The molecule has 1 aliphatic rings. The first-order chi connectivity index (χ1) is 12.8. The zero-order valence-electron chi connectivity index (χ0n) is 16.1. The van der Waals surface area contributed by atoms with Gasteiger partial charge in [-0.1, -0.05) is 50.6 Å². The van der Waals surface area contributed by atoms with Gasteiger partial charge in [-0.3, -0.25) is 0 Å². The van der Waals surface area contributed by atoms with Gasteiger partial charge in [0.25, 0.3) is 0 Å². The highest BCUT2D eigenvalue weighted by Crippen LogP contribution is 2.35. The lowest BCUT2D eigenvalue weighted by atomic mass is 9.79. The van der Waals surface area contributed by atoms with Gasteiger partial charge in [0.05, 0.1) is 0 Å². The summed E-state index contributed by atoms with van der Waals surface area (Å²) in [5.41, 5.74) is 2.21. The molecule has 1 aromatic carbocycles. The molecule has 0 saturated carbocycles. The minimum Gasteiger partial charge on any atom is -0.465 e. The predicted molar refractivity (Wildman–Crippen MR) is 106 cm³/mol. The molecule has 142 valence electrons. The van der Waals surface area contributed by atoms with Gasteiger partial charge < -0.3 is 14.7 Å². The largest absolute Gasteiger partial charge is 0.465 e. The van der Waals surface area contributed by atoms with Gasteiger partial charge in [0, 0.05) is 24.8 Å². The number of carbonyl (C=O) groups is 1. The molecule has 1 atom stereocenters. The number of aromatic nitrogens is 1. The van der Waals surface area contributed by atoms with Crippen molar-refractivity contribution in [2.24, 2.45) is 5.41 Å². The minimum absolute atomic E-state index is 0.0250. The number of carboxylic acid groups (broad SMARTS) is 1. The van der Waals surface area contributed by atoms with Gasteiger partial charge in [0.1, 0.15) is 5.75 Å². The summed E-state index contributed by atoms with van der Waals surface area (Å²) in [7, 11) is 0. The van der Waals surface area contributed by atoms with Crippen LogP contribution < -0.4 is 4.74 Å². The zero-order chi connectivity index (χ0) is 19.4. The van der Waals surface area contributed by atoms with Crippen molar-refractivity contribution < 1.29 is 14.6 Å². The first-order valence-electron chi connectivity index (χ1n) is 9.21. The molecule has 1 N–H and O–H groups in total. The lowest BCUT2D eigenvalue weighted by Crippen LogP contribution is -2.50. The summed E-state index contributed by atoms with van der Waals surface area (Å²) in [5, 5.41) is 9.51. The Morgan fingerprint density at radius 2 is 2.07 bits per heavy atom. The second-order valence-electron chi connectivity index (χ2n) is 7.96. The van der Waals surface area contributed by atoms with Crippen LogP contribution in [-0.4, -0.2) is 33.7 Å². The molecule has 1 amide bonds.